The van der Waals surface area contributed by atoms with Gasteiger partial charge in [-0.3, -0.25) is 14.4 Å². The van der Waals surface area contributed by atoms with Crippen molar-refractivity contribution in [1.82, 2.24) is 10.2 Å². The molecule has 0 bridgehead atoms. The zero-order valence-corrected chi connectivity index (χ0v) is 12.3. The number of imide groups is 1. The van der Waals surface area contributed by atoms with E-state index in [1.807, 2.05) is 5.09 Å². The van der Waals surface area contributed by atoms with Gasteiger partial charge in [-0.1, -0.05) is 0 Å². The van der Waals surface area contributed by atoms with Gasteiger partial charge in [0.1, 0.15) is 6.04 Å². The minimum absolute atomic E-state index is 0.0796. The molecule has 1 fully saturated rings. The highest BCUT2D eigenvalue weighted by molar-refractivity contribution is 7.50. The fourth-order valence-electron chi connectivity index (χ4n) is 1.41. The molecule has 10 heteroatoms. The second-order valence-corrected chi connectivity index (χ2v) is 5.98. The molecule has 2 amide bonds. The second kappa shape index (κ2) is 6.45. The lowest BCUT2D eigenvalue weighted by atomic mass is 10.4. The molecular formula is C10H17N2O7P. The Kier molecular flexibility index (Phi) is 5.41. The quantitative estimate of drug-likeness (QED) is 0.402. The Bertz CT molecular complexity index is 449. The van der Waals surface area contributed by atoms with E-state index in [0.29, 0.717) is 0 Å². The Morgan fingerprint density at radius 3 is 2.25 bits per heavy atom. The van der Waals surface area contributed by atoms with Crippen LogP contribution in [-0.2, 0) is 28.3 Å². The fraction of sp³-hybridized carbons (Fsp3) is 0.700. The minimum atomic E-state index is -4.54. The lowest BCUT2D eigenvalue weighted by Crippen LogP contribution is -2.37. The molecule has 1 heterocycles. The maximum Gasteiger partial charge on any atom is 0.425 e. The fourth-order valence-corrected chi connectivity index (χ4v) is 2.46. The number of hydrogen-bond acceptors (Lipinski definition) is 6. The summed E-state index contributed by atoms with van der Waals surface area (Å²) in [5.41, 5.74) is 0. The molecule has 0 aromatic heterocycles. The number of amides is 2. The van der Waals surface area contributed by atoms with Crippen molar-refractivity contribution in [3.63, 3.8) is 0 Å². The molecule has 1 rings (SSSR count). The molecule has 0 radical (unpaired) electrons. The number of rotatable bonds is 6. The van der Waals surface area contributed by atoms with Crippen molar-refractivity contribution in [2.45, 2.75) is 45.8 Å². The average molecular weight is 308 g/mol. The summed E-state index contributed by atoms with van der Waals surface area (Å²) < 4.78 is 21.0. The van der Waals surface area contributed by atoms with Gasteiger partial charge in [0.05, 0.1) is 6.10 Å². The van der Waals surface area contributed by atoms with Crippen LogP contribution in [0.5, 0.6) is 0 Å². The maximum atomic E-state index is 11.7. The monoisotopic (exact) mass is 308 g/mol. The molecule has 2 N–H and O–H groups in total. The smallest absolute Gasteiger partial charge is 0.425 e. The van der Waals surface area contributed by atoms with Gasteiger partial charge >= 0.3 is 13.7 Å². The highest BCUT2D eigenvalue weighted by Crippen LogP contribution is 2.40. The summed E-state index contributed by atoms with van der Waals surface area (Å²) in [6.45, 7) is 4.55. The van der Waals surface area contributed by atoms with Crippen molar-refractivity contribution >= 4 is 25.5 Å². The third kappa shape index (κ3) is 4.68. The molecule has 20 heavy (non-hydrogen) atoms. The van der Waals surface area contributed by atoms with Crippen molar-refractivity contribution in [2.75, 3.05) is 0 Å². The van der Waals surface area contributed by atoms with Gasteiger partial charge in [-0.25, -0.2) is 9.65 Å². The number of carbonyl (C=O) groups excluding carboxylic acids is 3. The van der Waals surface area contributed by atoms with Crippen LogP contribution in [0.25, 0.3) is 0 Å². The number of nitrogens with one attached hydrogen (secondary N) is 1. The maximum absolute atomic E-state index is 11.7. The number of carbonyl (C=O) groups is 3. The first-order chi connectivity index (χ1) is 9.12. The van der Waals surface area contributed by atoms with Crippen molar-refractivity contribution in [3.05, 3.63) is 0 Å². The van der Waals surface area contributed by atoms with Gasteiger partial charge in [-0.2, -0.15) is 4.62 Å². The van der Waals surface area contributed by atoms with Crippen LogP contribution in [0.3, 0.4) is 0 Å². The number of hydroxylamine groups is 2. The van der Waals surface area contributed by atoms with Crippen molar-refractivity contribution in [1.29, 1.82) is 0 Å². The van der Waals surface area contributed by atoms with E-state index in [4.69, 9.17) is 4.74 Å². The lowest BCUT2D eigenvalue weighted by molar-refractivity contribution is -0.166. The SMILES string of the molecule is CC(C)OC(=O)[C@H](C)NP(=O)(O)ON1C(=O)CCC1=O. The van der Waals surface area contributed by atoms with Gasteiger partial charge in [0.2, 0.25) is 0 Å². The van der Waals surface area contributed by atoms with E-state index < -0.39 is 31.6 Å². The Hall–Kier alpha value is -1.28. The Labute approximate surface area is 115 Å². The average Bonchev–Trinajstić information content (AvgIpc) is 2.58. The van der Waals surface area contributed by atoms with Crippen LogP contribution < -0.4 is 5.09 Å². The molecule has 0 aromatic rings. The van der Waals surface area contributed by atoms with Gasteiger partial charge in [0.25, 0.3) is 11.8 Å². The molecule has 0 spiro atoms. The van der Waals surface area contributed by atoms with Gasteiger partial charge in [-0.05, 0) is 20.8 Å². The molecule has 0 aromatic carbocycles. The van der Waals surface area contributed by atoms with Crippen LogP contribution in [0, 0.1) is 0 Å². The van der Waals surface area contributed by atoms with E-state index >= 15 is 0 Å². The minimum Gasteiger partial charge on any atom is -0.462 e. The normalized spacial score (nSPS) is 20.1. The molecule has 2 atom stereocenters. The predicted octanol–water partition coefficient (Wildman–Crippen LogP) is 0.0971. The Morgan fingerprint density at radius 1 is 1.30 bits per heavy atom. The molecule has 1 aliphatic heterocycles. The van der Waals surface area contributed by atoms with Crippen molar-refractivity contribution in [3.8, 4) is 0 Å². The van der Waals surface area contributed by atoms with E-state index in [1.54, 1.807) is 13.8 Å². The summed E-state index contributed by atoms with van der Waals surface area (Å²) in [5.74, 6) is -2.16. The predicted molar refractivity (Wildman–Crippen MR) is 65.8 cm³/mol. The first-order valence-corrected chi connectivity index (χ1v) is 7.56. The van der Waals surface area contributed by atoms with E-state index in [2.05, 4.69) is 4.62 Å². The summed E-state index contributed by atoms with van der Waals surface area (Å²) in [5, 5.41) is 2.24. The molecule has 1 aliphatic rings. The summed E-state index contributed by atoms with van der Waals surface area (Å²) in [6, 6.07) is -1.14. The highest BCUT2D eigenvalue weighted by Gasteiger charge is 2.38. The Morgan fingerprint density at radius 2 is 1.80 bits per heavy atom. The number of nitrogens with zero attached hydrogens (tertiary/aromatic N) is 1. The van der Waals surface area contributed by atoms with Crippen LogP contribution in [0.2, 0.25) is 0 Å². The summed E-state index contributed by atoms with van der Waals surface area (Å²) >= 11 is 0. The molecule has 0 saturated carbocycles. The third-order valence-corrected chi connectivity index (χ3v) is 3.36. The zero-order valence-electron chi connectivity index (χ0n) is 11.4. The topological polar surface area (TPSA) is 122 Å². The standard InChI is InChI=1S/C10H17N2O7P/c1-6(2)18-10(15)7(3)11-20(16,17)19-12-8(13)4-5-9(12)14/h6-7H,4-5H2,1-3H3,(H2,11,16,17)/t7-/m0/s1. The number of ether oxygens (including phenoxy) is 1. The van der Waals surface area contributed by atoms with E-state index in [0.717, 1.165) is 0 Å². The molecule has 0 aliphatic carbocycles. The molecule has 114 valence electrons. The number of esters is 1. The lowest BCUT2D eigenvalue weighted by Gasteiger charge is -2.21. The van der Waals surface area contributed by atoms with Gasteiger partial charge in [0.15, 0.2) is 0 Å². The first kappa shape index (κ1) is 16.8. The third-order valence-electron chi connectivity index (χ3n) is 2.26. The van der Waals surface area contributed by atoms with Gasteiger partial charge in [0, 0.05) is 12.8 Å². The number of hydrogen-bond donors (Lipinski definition) is 2. The summed E-state index contributed by atoms with van der Waals surface area (Å²) in [6.07, 6.45) is -0.541. The first-order valence-electron chi connectivity index (χ1n) is 5.99. The van der Waals surface area contributed by atoms with Crippen molar-refractivity contribution < 1.29 is 33.2 Å². The zero-order chi connectivity index (χ0) is 15.5. The second-order valence-electron chi connectivity index (χ2n) is 4.52. The van der Waals surface area contributed by atoms with E-state index in [1.165, 1.54) is 6.92 Å². The summed E-state index contributed by atoms with van der Waals surface area (Å²) in [7, 11) is -4.54. The largest absolute Gasteiger partial charge is 0.462 e. The van der Waals surface area contributed by atoms with E-state index in [-0.39, 0.29) is 24.0 Å². The Balaban J connectivity index is 2.61. The van der Waals surface area contributed by atoms with Crippen molar-refractivity contribution in [2.24, 2.45) is 0 Å². The van der Waals surface area contributed by atoms with Crippen LogP contribution in [0.15, 0.2) is 0 Å². The van der Waals surface area contributed by atoms with Gasteiger partial charge in [-0.15, -0.1) is 5.06 Å². The van der Waals surface area contributed by atoms with Crippen LogP contribution in [0.4, 0.5) is 0 Å². The molecule has 1 unspecified atom stereocenters. The molecular weight excluding hydrogens is 291 g/mol. The van der Waals surface area contributed by atoms with E-state index in [9.17, 15) is 23.8 Å². The van der Waals surface area contributed by atoms with Crippen LogP contribution >= 0.6 is 7.75 Å². The van der Waals surface area contributed by atoms with Crippen LogP contribution in [0.1, 0.15) is 33.6 Å². The molecule has 9 nitrogen and oxygen atoms in total. The van der Waals surface area contributed by atoms with Crippen LogP contribution in [-0.4, -0.2) is 39.9 Å². The summed E-state index contributed by atoms with van der Waals surface area (Å²) in [4.78, 5) is 43.5. The molecule has 1 saturated heterocycles. The highest BCUT2D eigenvalue weighted by atomic mass is 31.2. The van der Waals surface area contributed by atoms with Gasteiger partial charge < -0.3 is 9.63 Å².